The number of hydrogen-bond acceptors (Lipinski definition) is 6. The van der Waals surface area contributed by atoms with Gasteiger partial charge in [-0.1, -0.05) is 23.7 Å². The molecule has 0 spiro atoms. The second kappa shape index (κ2) is 10.8. The van der Waals surface area contributed by atoms with Gasteiger partial charge in [0.25, 0.3) is 0 Å². The van der Waals surface area contributed by atoms with Crippen LogP contribution in [-0.2, 0) is 13.0 Å². The van der Waals surface area contributed by atoms with Crippen molar-refractivity contribution in [2.75, 3.05) is 0 Å². The standard InChI is InChI=1S/C22H24ClN9S/c1-12(25)18(16-9-14(6-7-29-16)10-30-22(27)28)21-32-17(19(33-21)20(26)31-11-24)8-13-2-4-15(23)5-3-13/h2-7,9,11,18,25H,8,10H2,1H3,(H3,24,26,31)(H4,27,28,30). The molecule has 0 saturated heterocycles. The molecule has 1 atom stereocenters. The Morgan fingerprint density at radius 3 is 2.55 bits per heavy atom. The van der Waals surface area contributed by atoms with Crippen molar-refractivity contribution in [3.8, 4) is 0 Å². The molecule has 2 aromatic heterocycles. The van der Waals surface area contributed by atoms with Crippen molar-refractivity contribution >= 4 is 46.8 Å². The number of guanidine groups is 1. The number of rotatable bonds is 9. The Kier molecular flexibility index (Phi) is 7.86. The Morgan fingerprint density at radius 2 is 1.91 bits per heavy atom. The third-order valence-corrected chi connectivity index (χ3v) is 6.14. The van der Waals surface area contributed by atoms with Gasteiger partial charge in [0, 0.05) is 23.4 Å². The van der Waals surface area contributed by atoms with Crippen LogP contribution in [0.3, 0.4) is 0 Å². The molecule has 33 heavy (non-hydrogen) atoms. The van der Waals surface area contributed by atoms with Crippen molar-refractivity contribution in [2.24, 2.45) is 27.2 Å². The summed E-state index contributed by atoms with van der Waals surface area (Å²) in [7, 11) is 0. The lowest BCUT2D eigenvalue weighted by atomic mass is 9.99. The summed E-state index contributed by atoms with van der Waals surface area (Å²) in [6.45, 7) is 2.02. The third kappa shape index (κ3) is 6.21. The van der Waals surface area contributed by atoms with E-state index < -0.39 is 5.92 Å². The number of halogens is 1. The van der Waals surface area contributed by atoms with Crippen LogP contribution in [0.25, 0.3) is 0 Å². The lowest BCUT2D eigenvalue weighted by Crippen LogP contribution is -2.22. The maximum Gasteiger partial charge on any atom is 0.186 e. The fourth-order valence-corrected chi connectivity index (χ4v) is 4.50. The van der Waals surface area contributed by atoms with Crippen LogP contribution >= 0.6 is 22.9 Å². The first-order valence-corrected chi connectivity index (χ1v) is 11.1. The summed E-state index contributed by atoms with van der Waals surface area (Å²) < 4.78 is 0. The molecule has 1 unspecified atom stereocenters. The molecule has 0 saturated carbocycles. The molecule has 0 radical (unpaired) electrons. The highest BCUT2D eigenvalue weighted by molar-refractivity contribution is 7.14. The van der Waals surface area contributed by atoms with E-state index >= 15 is 0 Å². The SMILES string of the molecule is CC(=N)C(c1cc(CN=C(N)N)ccn1)c1nc(Cc2ccc(Cl)cc2)c(C(N)=NC=N)s1. The summed E-state index contributed by atoms with van der Waals surface area (Å²) in [5.74, 6) is -0.265. The summed E-state index contributed by atoms with van der Waals surface area (Å²) in [5.41, 5.74) is 20.6. The number of nitrogens with one attached hydrogen (secondary N) is 2. The molecule has 8 N–H and O–H groups in total. The second-order valence-corrected chi connectivity index (χ2v) is 8.69. The van der Waals surface area contributed by atoms with Gasteiger partial charge < -0.3 is 22.6 Å². The van der Waals surface area contributed by atoms with Gasteiger partial charge in [0.2, 0.25) is 0 Å². The van der Waals surface area contributed by atoms with Crippen LogP contribution in [0, 0.1) is 10.8 Å². The molecule has 3 aromatic rings. The Balaban J connectivity index is 2.05. The topological polar surface area (TPSA) is 176 Å². The molecule has 0 aliphatic rings. The monoisotopic (exact) mass is 481 g/mol. The predicted molar refractivity (Wildman–Crippen MR) is 135 cm³/mol. The van der Waals surface area contributed by atoms with Gasteiger partial charge in [-0.05, 0) is 42.3 Å². The number of aliphatic imine (C=N–C) groups is 2. The minimum atomic E-state index is -0.473. The van der Waals surface area contributed by atoms with E-state index in [-0.39, 0.29) is 11.8 Å². The van der Waals surface area contributed by atoms with E-state index in [4.69, 9.17) is 44.6 Å². The van der Waals surface area contributed by atoms with E-state index in [9.17, 15) is 0 Å². The lowest BCUT2D eigenvalue weighted by Gasteiger charge is -2.13. The van der Waals surface area contributed by atoms with Crippen LogP contribution in [0.5, 0.6) is 0 Å². The van der Waals surface area contributed by atoms with Crippen LogP contribution in [0.4, 0.5) is 0 Å². The highest BCUT2D eigenvalue weighted by Crippen LogP contribution is 2.32. The van der Waals surface area contributed by atoms with Gasteiger partial charge in [0.05, 0.1) is 28.7 Å². The smallest absolute Gasteiger partial charge is 0.186 e. The van der Waals surface area contributed by atoms with Crippen LogP contribution < -0.4 is 17.2 Å². The zero-order valence-corrected chi connectivity index (χ0v) is 19.5. The molecule has 0 bridgehead atoms. The molecule has 1 aromatic carbocycles. The second-order valence-electron chi connectivity index (χ2n) is 7.22. The number of pyridine rings is 1. The number of nitrogens with two attached hydrogens (primary N) is 3. The largest absolute Gasteiger partial charge is 0.382 e. The fourth-order valence-electron chi connectivity index (χ4n) is 3.20. The Bertz CT molecular complexity index is 1210. The minimum absolute atomic E-state index is 0.00511. The van der Waals surface area contributed by atoms with Gasteiger partial charge in [0.15, 0.2) is 5.96 Å². The molecule has 0 amide bonds. The maximum absolute atomic E-state index is 8.43. The zero-order valence-electron chi connectivity index (χ0n) is 17.9. The van der Waals surface area contributed by atoms with E-state index in [1.54, 1.807) is 13.1 Å². The first-order chi connectivity index (χ1) is 15.8. The number of benzene rings is 1. The number of aromatic nitrogens is 2. The number of nitrogens with zero attached hydrogens (tertiary/aromatic N) is 4. The first-order valence-electron chi connectivity index (χ1n) is 9.90. The van der Waals surface area contributed by atoms with Gasteiger partial charge in [-0.2, -0.15) is 0 Å². The van der Waals surface area contributed by atoms with Crippen molar-refractivity contribution in [2.45, 2.75) is 25.8 Å². The predicted octanol–water partition coefficient (Wildman–Crippen LogP) is 3.04. The van der Waals surface area contributed by atoms with Crippen LogP contribution in [0.1, 0.15) is 45.2 Å². The molecule has 11 heteroatoms. The van der Waals surface area contributed by atoms with Gasteiger partial charge in [-0.25, -0.2) is 15.0 Å². The van der Waals surface area contributed by atoms with E-state index in [1.165, 1.54) is 11.3 Å². The van der Waals surface area contributed by atoms with Gasteiger partial charge in [0.1, 0.15) is 17.2 Å². The van der Waals surface area contributed by atoms with Crippen molar-refractivity contribution in [1.29, 1.82) is 10.8 Å². The van der Waals surface area contributed by atoms with Gasteiger partial charge in [-0.15, -0.1) is 11.3 Å². The van der Waals surface area contributed by atoms with Crippen molar-refractivity contribution in [3.05, 3.63) is 80.0 Å². The molecule has 3 rings (SSSR count). The summed E-state index contributed by atoms with van der Waals surface area (Å²) >= 11 is 7.35. The molecular weight excluding hydrogens is 458 g/mol. The summed E-state index contributed by atoms with van der Waals surface area (Å²) in [4.78, 5) is 18.0. The van der Waals surface area contributed by atoms with Crippen molar-refractivity contribution in [3.63, 3.8) is 0 Å². The average molecular weight is 482 g/mol. The molecule has 170 valence electrons. The lowest BCUT2D eigenvalue weighted by molar-refractivity contribution is 0.928. The van der Waals surface area contributed by atoms with Crippen LogP contribution in [0.2, 0.25) is 5.02 Å². The van der Waals surface area contributed by atoms with Crippen molar-refractivity contribution < 1.29 is 0 Å². The molecule has 2 heterocycles. The molecule has 0 fully saturated rings. The number of amidine groups is 1. The zero-order chi connectivity index (χ0) is 24.0. The minimum Gasteiger partial charge on any atom is -0.382 e. The van der Waals surface area contributed by atoms with Crippen molar-refractivity contribution in [1.82, 2.24) is 9.97 Å². The summed E-state index contributed by atoms with van der Waals surface area (Å²) in [5, 5.41) is 17.0. The third-order valence-electron chi connectivity index (χ3n) is 4.70. The first kappa shape index (κ1) is 24.0. The summed E-state index contributed by atoms with van der Waals surface area (Å²) in [6.07, 6.45) is 3.06. The Labute approximate surface area is 200 Å². The highest BCUT2D eigenvalue weighted by Gasteiger charge is 2.25. The highest BCUT2D eigenvalue weighted by atomic mass is 35.5. The van der Waals surface area contributed by atoms with Gasteiger partial charge in [-0.3, -0.25) is 10.4 Å². The quantitative estimate of drug-likeness (QED) is 0.232. The van der Waals surface area contributed by atoms with Crippen LogP contribution in [-0.4, -0.2) is 33.8 Å². The normalized spacial score (nSPS) is 12.2. The fraction of sp³-hybridized carbons (Fsp3) is 0.182. The molecule has 0 aliphatic heterocycles. The maximum atomic E-state index is 8.43. The molecule has 9 nitrogen and oxygen atoms in total. The van der Waals surface area contributed by atoms with E-state index in [2.05, 4.69) is 15.0 Å². The molecule has 0 aliphatic carbocycles. The van der Waals surface area contributed by atoms with E-state index in [0.29, 0.717) is 45.0 Å². The Morgan fingerprint density at radius 1 is 1.18 bits per heavy atom. The van der Waals surface area contributed by atoms with E-state index in [1.807, 2.05) is 36.4 Å². The Hall–Kier alpha value is -3.63. The number of thiazole rings is 1. The average Bonchev–Trinajstić information content (AvgIpc) is 3.17. The summed E-state index contributed by atoms with van der Waals surface area (Å²) in [6, 6.07) is 11.2. The molecular formula is C22H24ClN9S. The van der Waals surface area contributed by atoms with Crippen LogP contribution in [0.15, 0.2) is 52.6 Å². The van der Waals surface area contributed by atoms with E-state index in [0.717, 1.165) is 17.5 Å². The van der Waals surface area contributed by atoms with Gasteiger partial charge >= 0.3 is 0 Å². The number of hydrogen-bond donors (Lipinski definition) is 5.